The molecule has 3 nitrogen and oxygen atoms in total. The van der Waals surface area contributed by atoms with Crippen molar-refractivity contribution in [1.29, 1.82) is 0 Å². The van der Waals surface area contributed by atoms with Crippen LogP contribution in [-0.4, -0.2) is 5.91 Å². The fourth-order valence-corrected chi connectivity index (χ4v) is 2.29. The number of primary amides is 1. The van der Waals surface area contributed by atoms with Gasteiger partial charge in [0.05, 0.1) is 0 Å². The van der Waals surface area contributed by atoms with E-state index in [2.05, 4.69) is 5.32 Å². The summed E-state index contributed by atoms with van der Waals surface area (Å²) < 4.78 is 0. The average molecular weight is 309 g/mol. The zero-order valence-electron chi connectivity index (χ0n) is 10.7. The van der Waals surface area contributed by atoms with E-state index >= 15 is 0 Å². The van der Waals surface area contributed by atoms with E-state index in [1.54, 1.807) is 18.2 Å². The summed E-state index contributed by atoms with van der Waals surface area (Å²) in [4.78, 5) is 11.0. The van der Waals surface area contributed by atoms with Crippen molar-refractivity contribution >= 4 is 29.1 Å². The monoisotopic (exact) mass is 308 g/mol. The maximum absolute atomic E-state index is 11.0. The van der Waals surface area contributed by atoms with E-state index < -0.39 is 5.91 Å². The molecular formula is C15H14Cl2N2O. The Morgan fingerprint density at radius 1 is 1.10 bits per heavy atom. The summed E-state index contributed by atoms with van der Waals surface area (Å²) in [6.45, 7) is 1.29. The Balaban J connectivity index is 1.96. The fourth-order valence-electron chi connectivity index (χ4n) is 1.83. The summed E-state index contributed by atoms with van der Waals surface area (Å²) in [5, 5.41) is 4.52. The maximum Gasteiger partial charge on any atom is 0.248 e. The molecule has 0 aromatic heterocycles. The minimum atomic E-state index is -0.481. The van der Waals surface area contributed by atoms with Gasteiger partial charge >= 0.3 is 0 Å². The van der Waals surface area contributed by atoms with Gasteiger partial charge in [-0.25, -0.2) is 0 Å². The Morgan fingerprint density at radius 3 is 2.55 bits per heavy atom. The number of nitrogens with one attached hydrogen (secondary N) is 1. The third-order valence-electron chi connectivity index (χ3n) is 2.87. The van der Waals surface area contributed by atoms with Gasteiger partial charge in [-0.3, -0.25) is 4.79 Å². The van der Waals surface area contributed by atoms with E-state index in [0.29, 0.717) is 28.7 Å². The van der Waals surface area contributed by atoms with E-state index in [1.165, 1.54) is 0 Å². The highest BCUT2D eigenvalue weighted by Gasteiger charge is 2.05. The van der Waals surface area contributed by atoms with Gasteiger partial charge in [-0.1, -0.05) is 41.4 Å². The van der Waals surface area contributed by atoms with Gasteiger partial charge in [0.1, 0.15) is 0 Å². The highest BCUT2D eigenvalue weighted by atomic mass is 35.5. The molecule has 0 spiro atoms. The maximum atomic E-state index is 11.0. The molecule has 0 aliphatic carbocycles. The fraction of sp³-hybridized carbons (Fsp3) is 0.133. The molecule has 104 valence electrons. The van der Waals surface area contributed by atoms with Crippen LogP contribution in [0.2, 0.25) is 10.0 Å². The lowest BCUT2D eigenvalue weighted by molar-refractivity contribution is 0.100. The summed E-state index contributed by atoms with van der Waals surface area (Å²) >= 11 is 12.0. The summed E-state index contributed by atoms with van der Waals surface area (Å²) in [5.74, 6) is -0.481. The van der Waals surface area contributed by atoms with Crippen LogP contribution in [0, 0.1) is 0 Å². The number of amides is 1. The second kappa shape index (κ2) is 6.75. The number of nitrogens with two attached hydrogens (primary N) is 1. The van der Waals surface area contributed by atoms with Crippen LogP contribution in [0.4, 0.5) is 0 Å². The predicted octanol–water partition coefficient (Wildman–Crippen LogP) is 3.38. The van der Waals surface area contributed by atoms with Gasteiger partial charge in [-0.05, 0) is 35.4 Å². The summed E-state index contributed by atoms with van der Waals surface area (Å²) in [6.07, 6.45) is 0. The topological polar surface area (TPSA) is 55.1 Å². The minimum Gasteiger partial charge on any atom is -0.366 e. The lowest BCUT2D eigenvalue weighted by atomic mass is 10.1. The number of carbonyl (C=O) groups is 1. The lowest BCUT2D eigenvalue weighted by Crippen LogP contribution is -2.14. The molecule has 2 aromatic carbocycles. The number of halogens is 2. The van der Waals surface area contributed by atoms with Gasteiger partial charge in [0.25, 0.3) is 0 Å². The van der Waals surface area contributed by atoms with E-state index in [0.717, 1.165) is 11.1 Å². The third kappa shape index (κ3) is 3.97. The van der Waals surface area contributed by atoms with Crippen molar-refractivity contribution in [2.24, 2.45) is 5.73 Å². The molecule has 0 atom stereocenters. The molecule has 2 rings (SSSR count). The van der Waals surface area contributed by atoms with Crippen LogP contribution in [0.15, 0.2) is 42.5 Å². The highest BCUT2D eigenvalue weighted by molar-refractivity contribution is 6.31. The number of carbonyl (C=O) groups excluding carboxylic acids is 1. The van der Waals surface area contributed by atoms with E-state index in [-0.39, 0.29) is 0 Å². The van der Waals surface area contributed by atoms with Gasteiger partial charge in [0.15, 0.2) is 0 Å². The van der Waals surface area contributed by atoms with Gasteiger partial charge in [0, 0.05) is 28.7 Å². The summed E-state index contributed by atoms with van der Waals surface area (Å²) in [7, 11) is 0. The van der Waals surface area contributed by atoms with Crippen LogP contribution in [0.1, 0.15) is 21.5 Å². The zero-order valence-corrected chi connectivity index (χ0v) is 12.2. The second-order valence-corrected chi connectivity index (χ2v) is 5.25. The molecule has 2 aromatic rings. The molecule has 0 radical (unpaired) electrons. The van der Waals surface area contributed by atoms with Crippen molar-refractivity contribution in [3.05, 3.63) is 69.2 Å². The third-order valence-corrected chi connectivity index (χ3v) is 3.46. The Morgan fingerprint density at radius 2 is 1.90 bits per heavy atom. The first-order valence-electron chi connectivity index (χ1n) is 6.09. The van der Waals surface area contributed by atoms with Crippen molar-refractivity contribution in [3.63, 3.8) is 0 Å². The highest BCUT2D eigenvalue weighted by Crippen LogP contribution is 2.18. The van der Waals surface area contributed by atoms with Gasteiger partial charge in [-0.15, -0.1) is 0 Å². The molecule has 5 heteroatoms. The van der Waals surface area contributed by atoms with Crippen LogP contribution in [-0.2, 0) is 13.1 Å². The number of hydrogen-bond acceptors (Lipinski definition) is 2. The molecule has 20 heavy (non-hydrogen) atoms. The molecule has 0 aliphatic rings. The molecule has 0 saturated heterocycles. The second-order valence-electron chi connectivity index (χ2n) is 4.40. The quantitative estimate of drug-likeness (QED) is 0.889. The van der Waals surface area contributed by atoms with E-state index in [1.807, 2.05) is 24.3 Å². The minimum absolute atomic E-state index is 0.411. The average Bonchev–Trinajstić information content (AvgIpc) is 2.40. The molecule has 0 bridgehead atoms. The molecule has 0 fully saturated rings. The molecule has 3 N–H and O–H groups in total. The van der Waals surface area contributed by atoms with Crippen LogP contribution < -0.4 is 11.1 Å². The van der Waals surface area contributed by atoms with Crippen LogP contribution in [0.5, 0.6) is 0 Å². The molecule has 1 amide bonds. The summed E-state index contributed by atoms with van der Waals surface area (Å²) in [6, 6.07) is 12.7. The first kappa shape index (κ1) is 14.9. The molecular weight excluding hydrogens is 295 g/mol. The van der Waals surface area contributed by atoms with Crippen molar-refractivity contribution < 1.29 is 4.79 Å². The van der Waals surface area contributed by atoms with E-state index in [4.69, 9.17) is 28.9 Å². The summed E-state index contributed by atoms with van der Waals surface area (Å²) in [5.41, 5.74) is 7.62. The van der Waals surface area contributed by atoms with Crippen LogP contribution in [0.3, 0.4) is 0 Å². The van der Waals surface area contributed by atoms with Crippen molar-refractivity contribution in [2.45, 2.75) is 13.1 Å². The van der Waals surface area contributed by atoms with Gasteiger partial charge in [-0.2, -0.15) is 0 Å². The van der Waals surface area contributed by atoms with Crippen molar-refractivity contribution in [3.8, 4) is 0 Å². The first-order valence-corrected chi connectivity index (χ1v) is 6.85. The SMILES string of the molecule is NC(=O)c1ccc(CNCc2cccc(Cl)c2)c(Cl)c1. The lowest BCUT2D eigenvalue weighted by Gasteiger charge is -2.08. The Bertz CT molecular complexity index is 629. The first-order chi connectivity index (χ1) is 9.56. The molecule has 0 saturated carbocycles. The number of rotatable bonds is 5. The largest absolute Gasteiger partial charge is 0.366 e. The number of benzene rings is 2. The normalized spacial score (nSPS) is 10.5. The van der Waals surface area contributed by atoms with Crippen molar-refractivity contribution in [1.82, 2.24) is 5.32 Å². The van der Waals surface area contributed by atoms with Gasteiger partial charge < -0.3 is 11.1 Å². The number of hydrogen-bond donors (Lipinski definition) is 2. The molecule has 0 heterocycles. The van der Waals surface area contributed by atoms with E-state index in [9.17, 15) is 4.79 Å². The Labute approximate surface area is 127 Å². The zero-order chi connectivity index (χ0) is 14.5. The molecule has 0 unspecified atom stereocenters. The van der Waals surface area contributed by atoms with Crippen LogP contribution in [0.25, 0.3) is 0 Å². The Kier molecular flexibility index (Phi) is 5.01. The Hall–Kier alpha value is -1.55. The standard InChI is InChI=1S/C15H14Cl2N2O/c16-13-3-1-2-10(6-13)8-19-9-12-5-4-11(15(18)20)7-14(12)17/h1-7,19H,8-9H2,(H2,18,20). The smallest absolute Gasteiger partial charge is 0.248 e. The molecule has 0 aliphatic heterocycles. The van der Waals surface area contributed by atoms with Crippen molar-refractivity contribution in [2.75, 3.05) is 0 Å². The van der Waals surface area contributed by atoms with Crippen LogP contribution >= 0.6 is 23.2 Å². The predicted molar refractivity (Wildman–Crippen MR) is 82.0 cm³/mol. The van der Waals surface area contributed by atoms with Gasteiger partial charge in [0.2, 0.25) is 5.91 Å².